The van der Waals surface area contributed by atoms with Gasteiger partial charge in [-0.25, -0.2) is 4.98 Å². The van der Waals surface area contributed by atoms with E-state index in [2.05, 4.69) is 53.3 Å². The molecule has 1 unspecified atom stereocenters. The lowest BCUT2D eigenvalue weighted by molar-refractivity contribution is 0.713. The molecular weight excluding hydrogens is 220 g/mol. The Kier molecular flexibility index (Phi) is 2.85. The van der Waals surface area contributed by atoms with Gasteiger partial charge in [0.1, 0.15) is 5.82 Å². The maximum atomic E-state index is 4.65. The number of nitrogens with one attached hydrogen (secondary N) is 1. The molecule has 0 radical (unpaired) electrons. The van der Waals surface area contributed by atoms with Crippen molar-refractivity contribution < 1.29 is 0 Å². The smallest absolute Gasteiger partial charge is 0.110 e. The van der Waals surface area contributed by atoms with Crippen molar-refractivity contribution in [2.45, 2.75) is 19.3 Å². The van der Waals surface area contributed by atoms with E-state index >= 15 is 0 Å². The molecule has 18 heavy (non-hydrogen) atoms. The van der Waals surface area contributed by atoms with E-state index in [0.29, 0.717) is 5.92 Å². The van der Waals surface area contributed by atoms with Crippen LogP contribution in [0.1, 0.15) is 24.2 Å². The van der Waals surface area contributed by atoms with Gasteiger partial charge in [0.15, 0.2) is 0 Å². The van der Waals surface area contributed by atoms with Gasteiger partial charge in [0.2, 0.25) is 0 Å². The van der Waals surface area contributed by atoms with E-state index < -0.39 is 0 Å². The molecule has 0 fully saturated rings. The highest BCUT2D eigenvalue weighted by atomic mass is 14.9. The summed E-state index contributed by atoms with van der Waals surface area (Å²) >= 11 is 0. The summed E-state index contributed by atoms with van der Waals surface area (Å²) in [6.45, 7) is 2.21. The van der Waals surface area contributed by atoms with Crippen molar-refractivity contribution in [1.82, 2.24) is 9.97 Å². The third-order valence-electron chi connectivity index (χ3n) is 3.26. The summed E-state index contributed by atoms with van der Waals surface area (Å²) in [5.41, 5.74) is 3.52. The Morgan fingerprint density at radius 2 is 1.72 bits per heavy atom. The fourth-order valence-electron chi connectivity index (χ4n) is 2.27. The Morgan fingerprint density at radius 1 is 1.00 bits per heavy atom. The van der Waals surface area contributed by atoms with Crippen LogP contribution < -0.4 is 0 Å². The van der Waals surface area contributed by atoms with Gasteiger partial charge in [0.25, 0.3) is 0 Å². The van der Waals surface area contributed by atoms with Crippen LogP contribution >= 0.6 is 0 Å². The van der Waals surface area contributed by atoms with E-state index in [9.17, 15) is 0 Å². The van der Waals surface area contributed by atoms with Crippen LogP contribution in [0.15, 0.2) is 54.6 Å². The summed E-state index contributed by atoms with van der Waals surface area (Å²) in [7, 11) is 0. The number of hydrogen-bond donors (Lipinski definition) is 1. The number of imidazole rings is 1. The summed E-state index contributed by atoms with van der Waals surface area (Å²) in [5, 5.41) is 0. The Morgan fingerprint density at radius 3 is 2.50 bits per heavy atom. The second-order valence-corrected chi connectivity index (χ2v) is 4.73. The zero-order valence-corrected chi connectivity index (χ0v) is 10.4. The quantitative estimate of drug-likeness (QED) is 0.733. The number of benzene rings is 2. The van der Waals surface area contributed by atoms with Crippen molar-refractivity contribution in [2.24, 2.45) is 0 Å². The van der Waals surface area contributed by atoms with Crippen LogP contribution in [0, 0.1) is 0 Å². The number of hydrogen-bond acceptors (Lipinski definition) is 1. The molecule has 1 N–H and O–H groups in total. The zero-order valence-electron chi connectivity index (χ0n) is 10.4. The lowest BCUT2D eigenvalue weighted by atomic mass is 10.0. The molecule has 0 saturated carbocycles. The van der Waals surface area contributed by atoms with Gasteiger partial charge in [-0.1, -0.05) is 49.4 Å². The van der Waals surface area contributed by atoms with Crippen LogP contribution in [0.3, 0.4) is 0 Å². The average Bonchev–Trinajstić information content (AvgIpc) is 2.84. The molecule has 0 bridgehead atoms. The number of fused-ring (bicyclic) bond motifs is 1. The Balaban J connectivity index is 1.86. The summed E-state index contributed by atoms with van der Waals surface area (Å²) in [6, 6.07) is 18.7. The van der Waals surface area contributed by atoms with Gasteiger partial charge in [-0.15, -0.1) is 0 Å². The molecule has 1 atom stereocenters. The molecule has 1 aromatic heterocycles. The predicted octanol–water partition coefficient (Wildman–Crippen LogP) is 3.91. The Labute approximate surface area is 107 Å². The molecular formula is C16H16N2. The highest BCUT2D eigenvalue weighted by Crippen LogP contribution is 2.20. The highest BCUT2D eigenvalue weighted by molar-refractivity contribution is 5.74. The molecule has 2 heteroatoms. The van der Waals surface area contributed by atoms with Crippen molar-refractivity contribution in [1.29, 1.82) is 0 Å². The fourth-order valence-corrected chi connectivity index (χ4v) is 2.27. The lowest BCUT2D eigenvalue weighted by Gasteiger charge is -2.08. The molecule has 90 valence electrons. The van der Waals surface area contributed by atoms with E-state index in [0.717, 1.165) is 23.3 Å². The predicted molar refractivity (Wildman–Crippen MR) is 74.7 cm³/mol. The zero-order chi connectivity index (χ0) is 12.4. The molecule has 2 aromatic carbocycles. The minimum Gasteiger partial charge on any atom is -0.342 e. The Hall–Kier alpha value is -2.09. The van der Waals surface area contributed by atoms with Crippen LogP contribution in [0.25, 0.3) is 11.0 Å². The summed E-state index contributed by atoms with van der Waals surface area (Å²) < 4.78 is 0. The molecule has 0 aliphatic rings. The third-order valence-corrected chi connectivity index (χ3v) is 3.26. The van der Waals surface area contributed by atoms with Crippen LogP contribution in [-0.4, -0.2) is 9.97 Å². The topological polar surface area (TPSA) is 28.7 Å². The summed E-state index contributed by atoms with van der Waals surface area (Å²) in [4.78, 5) is 8.06. The average molecular weight is 236 g/mol. The van der Waals surface area contributed by atoms with Gasteiger partial charge in [-0.2, -0.15) is 0 Å². The van der Waals surface area contributed by atoms with Gasteiger partial charge < -0.3 is 4.98 Å². The van der Waals surface area contributed by atoms with Crippen LogP contribution in [0.2, 0.25) is 0 Å². The second kappa shape index (κ2) is 4.65. The molecule has 3 rings (SSSR count). The maximum Gasteiger partial charge on any atom is 0.110 e. The van der Waals surface area contributed by atoms with Crippen LogP contribution in [-0.2, 0) is 6.42 Å². The third kappa shape index (κ3) is 2.14. The van der Waals surface area contributed by atoms with Crippen LogP contribution in [0.4, 0.5) is 0 Å². The molecule has 0 amide bonds. The van der Waals surface area contributed by atoms with E-state index in [-0.39, 0.29) is 0 Å². The fraction of sp³-hybridized carbons (Fsp3) is 0.188. The number of nitrogens with zero attached hydrogens (tertiary/aromatic N) is 1. The first kappa shape index (κ1) is 11.0. The van der Waals surface area contributed by atoms with Gasteiger partial charge in [0.05, 0.1) is 11.0 Å². The van der Waals surface area contributed by atoms with Crippen molar-refractivity contribution in [3.8, 4) is 0 Å². The minimum atomic E-state index is 0.403. The highest BCUT2D eigenvalue weighted by Gasteiger charge is 2.11. The molecule has 1 heterocycles. The van der Waals surface area contributed by atoms with Crippen molar-refractivity contribution in [2.75, 3.05) is 0 Å². The largest absolute Gasteiger partial charge is 0.342 e. The standard InChI is InChI=1S/C16H16N2/c1-12(11-13-7-3-2-4-8-13)16-17-14-9-5-6-10-15(14)18-16/h2-10,12H,11H2,1H3,(H,17,18). The molecule has 2 nitrogen and oxygen atoms in total. The number of rotatable bonds is 3. The van der Waals surface area contributed by atoms with Gasteiger partial charge in [-0.05, 0) is 24.1 Å². The number of aromatic amines is 1. The van der Waals surface area contributed by atoms with Crippen molar-refractivity contribution >= 4 is 11.0 Å². The summed E-state index contributed by atoms with van der Waals surface area (Å²) in [5.74, 6) is 1.47. The molecule has 3 aromatic rings. The van der Waals surface area contributed by atoms with Crippen LogP contribution in [0.5, 0.6) is 0 Å². The first-order valence-corrected chi connectivity index (χ1v) is 6.31. The minimum absolute atomic E-state index is 0.403. The first-order chi connectivity index (χ1) is 8.83. The molecule has 0 aliphatic heterocycles. The van der Waals surface area contributed by atoms with Gasteiger partial charge >= 0.3 is 0 Å². The second-order valence-electron chi connectivity index (χ2n) is 4.73. The van der Waals surface area contributed by atoms with Gasteiger partial charge in [0, 0.05) is 5.92 Å². The number of para-hydroxylation sites is 2. The number of aromatic nitrogens is 2. The summed E-state index contributed by atoms with van der Waals surface area (Å²) in [6.07, 6.45) is 1.01. The van der Waals surface area contributed by atoms with Crippen molar-refractivity contribution in [3.63, 3.8) is 0 Å². The van der Waals surface area contributed by atoms with Crippen molar-refractivity contribution in [3.05, 3.63) is 66.0 Å². The number of H-pyrrole nitrogens is 1. The SMILES string of the molecule is CC(Cc1ccccc1)c1nc2ccccc2[nH]1. The normalized spacial score (nSPS) is 12.7. The molecule has 0 saturated heterocycles. The van der Waals surface area contributed by atoms with Gasteiger partial charge in [-0.3, -0.25) is 0 Å². The lowest BCUT2D eigenvalue weighted by Crippen LogP contribution is -2.00. The maximum absolute atomic E-state index is 4.65. The monoisotopic (exact) mass is 236 g/mol. The van der Waals surface area contributed by atoms with E-state index in [1.165, 1.54) is 5.56 Å². The Bertz CT molecular complexity index is 607. The van der Waals surface area contributed by atoms with E-state index in [4.69, 9.17) is 0 Å². The molecule has 0 aliphatic carbocycles. The van der Waals surface area contributed by atoms with E-state index in [1.807, 2.05) is 18.2 Å². The first-order valence-electron chi connectivity index (χ1n) is 6.31. The molecule has 0 spiro atoms. The van der Waals surface area contributed by atoms with E-state index in [1.54, 1.807) is 0 Å².